The Balaban J connectivity index is 2.30. The van der Waals surface area contributed by atoms with Crippen LogP contribution < -0.4 is 13.9 Å². The van der Waals surface area contributed by atoms with Crippen LogP contribution in [-0.2, 0) is 9.59 Å². The molecule has 0 N–H and O–H groups in total. The number of aryl methyl sites for hydroxylation is 1. The summed E-state index contributed by atoms with van der Waals surface area (Å²) in [7, 11) is 2.95. The molecule has 7 nitrogen and oxygen atoms in total. The summed E-state index contributed by atoms with van der Waals surface area (Å²) in [5.41, 5.74) is 1.56. The Labute approximate surface area is 173 Å². The molecule has 0 radical (unpaired) electrons. The Morgan fingerprint density at radius 3 is 2.36 bits per heavy atom. The Bertz CT molecular complexity index is 918. The maximum absolute atomic E-state index is 12.7. The summed E-state index contributed by atoms with van der Waals surface area (Å²) in [6.45, 7) is 3.10. The van der Waals surface area contributed by atoms with E-state index in [0.717, 1.165) is 9.98 Å². The molecule has 0 spiro atoms. The number of carbonyl (C=O) groups excluding carboxylic acids is 2. The lowest BCUT2D eigenvalue weighted by Crippen LogP contribution is -2.36. The molecule has 2 aromatic rings. The molecule has 2 rings (SSSR count). The van der Waals surface area contributed by atoms with Gasteiger partial charge in [0.2, 0.25) is 6.04 Å². The molecule has 0 aliphatic carbocycles. The average Bonchev–Trinajstić information content (AvgIpc) is 2.68. The van der Waals surface area contributed by atoms with Crippen LogP contribution in [-0.4, -0.2) is 32.0 Å². The minimum Gasteiger partial charge on any atom is -0.493 e. The normalized spacial score (nSPS) is 11.9. The smallest absolute Gasteiger partial charge is 0.276 e. The molecule has 0 saturated heterocycles. The van der Waals surface area contributed by atoms with E-state index < -0.39 is 17.7 Å². The Morgan fingerprint density at radius 2 is 1.75 bits per heavy atom. The molecule has 148 valence electrons. The zero-order chi connectivity index (χ0) is 20.8. The monoisotopic (exact) mass is 423 g/mol. The van der Waals surface area contributed by atoms with Gasteiger partial charge < -0.3 is 9.47 Å². The number of ether oxygens (including phenoxy) is 2. The Hall–Kier alpha value is -2.64. The van der Waals surface area contributed by atoms with Crippen molar-refractivity contribution in [3.05, 3.63) is 47.0 Å². The molecule has 1 amide bonds. The molecule has 0 saturated carbocycles. The first kappa shape index (κ1) is 21.7. The number of methoxy groups -OCH3 is 2. The second-order valence-corrected chi connectivity index (χ2v) is 6.59. The number of rotatable bonds is 7. The van der Waals surface area contributed by atoms with Gasteiger partial charge in [0, 0.05) is 17.8 Å². The lowest BCUT2D eigenvalue weighted by molar-refractivity contribution is -0.126. The molecular formula is C19H19Cl2N3O4. The molecule has 9 heteroatoms. The molecule has 28 heavy (non-hydrogen) atoms. The summed E-state index contributed by atoms with van der Waals surface area (Å²) in [6, 6.07) is 8.41. The molecule has 0 bridgehead atoms. The van der Waals surface area contributed by atoms with E-state index in [1.807, 2.05) is 13.0 Å². The number of anilines is 1. The summed E-state index contributed by atoms with van der Waals surface area (Å²) in [6.07, 6.45) is 0. The van der Waals surface area contributed by atoms with Crippen molar-refractivity contribution in [1.82, 2.24) is 0 Å². The van der Waals surface area contributed by atoms with Crippen LogP contribution in [0.1, 0.15) is 12.5 Å². The first-order valence-electron chi connectivity index (χ1n) is 8.17. The van der Waals surface area contributed by atoms with Crippen LogP contribution >= 0.6 is 23.4 Å². The van der Waals surface area contributed by atoms with E-state index in [1.54, 1.807) is 24.3 Å². The number of benzene rings is 2. The molecular weight excluding hydrogens is 405 g/mol. The molecule has 0 aliphatic rings. The molecule has 0 heterocycles. The van der Waals surface area contributed by atoms with Crippen molar-refractivity contribution in [1.29, 1.82) is 0 Å². The van der Waals surface area contributed by atoms with Gasteiger partial charge in [-0.3, -0.25) is 9.59 Å². The summed E-state index contributed by atoms with van der Waals surface area (Å²) in [5, 5.41) is 8.20. The van der Waals surface area contributed by atoms with Crippen LogP contribution in [0.15, 0.2) is 46.6 Å². The maximum Gasteiger partial charge on any atom is 0.276 e. The summed E-state index contributed by atoms with van der Waals surface area (Å²) < 4.78 is 11.1. The van der Waals surface area contributed by atoms with Gasteiger partial charge in [-0.05, 0) is 43.7 Å². The van der Waals surface area contributed by atoms with Crippen LogP contribution in [0, 0.1) is 6.92 Å². The zero-order valence-electron chi connectivity index (χ0n) is 15.8. The van der Waals surface area contributed by atoms with Gasteiger partial charge in [0.25, 0.3) is 5.91 Å². The lowest BCUT2D eigenvalue weighted by atomic mass is 10.2. The average molecular weight is 424 g/mol. The van der Waals surface area contributed by atoms with Crippen LogP contribution in [0.4, 0.5) is 11.4 Å². The topological polar surface area (TPSA) is 80.6 Å². The number of ketones is 1. The summed E-state index contributed by atoms with van der Waals surface area (Å²) in [4.78, 5) is 24.7. The largest absolute Gasteiger partial charge is 0.493 e. The molecule has 0 aliphatic heterocycles. The van der Waals surface area contributed by atoms with Crippen LogP contribution in [0.25, 0.3) is 0 Å². The number of halogens is 2. The summed E-state index contributed by atoms with van der Waals surface area (Å²) in [5.74, 6) is -0.413. The Kier molecular flexibility index (Phi) is 7.37. The minimum atomic E-state index is -1.41. The summed E-state index contributed by atoms with van der Waals surface area (Å²) >= 11 is 12.2. The van der Waals surface area contributed by atoms with Crippen LogP contribution in [0.3, 0.4) is 0 Å². The second kappa shape index (κ2) is 9.52. The number of carbonyl (C=O) groups is 2. The van der Waals surface area contributed by atoms with Crippen molar-refractivity contribution in [2.24, 2.45) is 10.2 Å². The number of hydrogen-bond donors (Lipinski definition) is 0. The van der Waals surface area contributed by atoms with Crippen molar-refractivity contribution in [2.45, 2.75) is 19.9 Å². The Morgan fingerprint density at radius 1 is 1.07 bits per heavy atom. The van der Waals surface area contributed by atoms with E-state index >= 15 is 0 Å². The third-order valence-corrected chi connectivity index (χ3v) is 4.47. The van der Waals surface area contributed by atoms with Gasteiger partial charge in [-0.15, -0.1) is 0 Å². The molecule has 1 atom stereocenters. The van der Waals surface area contributed by atoms with Gasteiger partial charge >= 0.3 is 0 Å². The predicted octanol–water partition coefficient (Wildman–Crippen LogP) is 4.89. The van der Waals surface area contributed by atoms with Gasteiger partial charge in [0.05, 0.1) is 24.9 Å². The fraction of sp³-hybridized carbons (Fsp3) is 0.263. The van der Waals surface area contributed by atoms with Gasteiger partial charge in [0.15, 0.2) is 17.3 Å². The minimum absolute atomic E-state index is 0.291. The number of azo groups is 1. The second-order valence-electron chi connectivity index (χ2n) is 5.84. The van der Waals surface area contributed by atoms with Crippen molar-refractivity contribution < 1.29 is 19.1 Å². The number of nitrogens with zero attached hydrogens (tertiary/aromatic N) is 3. The molecule has 0 fully saturated rings. The number of hydrogen-bond acceptors (Lipinski definition) is 6. The van der Waals surface area contributed by atoms with Crippen LogP contribution in [0.2, 0.25) is 5.02 Å². The molecule has 2 aromatic carbocycles. The van der Waals surface area contributed by atoms with Gasteiger partial charge in [-0.2, -0.15) is 10.2 Å². The van der Waals surface area contributed by atoms with E-state index in [-0.39, 0.29) is 0 Å². The van der Waals surface area contributed by atoms with Gasteiger partial charge in [-0.25, -0.2) is 4.42 Å². The highest BCUT2D eigenvalue weighted by Gasteiger charge is 2.29. The lowest BCUT2D eigenvalue weighted by Gasteiger charge is -2.18. The first-order chi connectivity index (χ1) is 13.3. The van der Waals surface area contributed by atoms with Gasteiger partial charge in [0.1, 0.15) is 5.69 Å². The van der Waals surface area contributed by atoms with E-state index in [1.165, 1.54) is 27.2 Å². The highest BCUT2D eigenvalue weighted by Crippen LogP contribution is 2.33. The number of Topliss-reactive ketones (excluding diaryl/α,β-unsaturated/α-hetero) is 1. The third-order valence-electron chi connectivity index (χ3n) is 3.79. The fourth-order valence-electron chi connectivity index (χ4n) is 2.31. The van der Waals surface area contributed by atoms with E-state index in [2.05, 4.69) is 10.2 Å². The van der Waals surface area contributed by atoms with Crippen molar-refractivity contribution >= 4 is 46.4 Å². The van der Waals surface area contributed by atoms with E-state index in [0.29, 0.717) is 27.9 Å². The SMILES string of the molecule is COc1ccc(N(Cl)C(=O)C(N=Nc2cc(C)ccc2Cl)C(C)=O)cc1OC. The highest BCUT2D eigenvalue weighted by atomic mass is 35.5. The maximum atomic E-state index is 12.7. The quantitative estimate of drug-likeness (QED) is 0.360. The van der Waals surface area contributed by atoms with E-state index in [4.69, 9.17) is 32.9 Å². The first-order valence-corrected chi connectivity index (χ1v) is 8.89. The van der Waals surface area contributed by atoms with Crippen molar-refractivity contribution in [3.63, 3.8) is 0 Å². The zero-order valence-corrected chi connectivity index (χ0v) is 17.3. The van der Waals surface area contributed by atoms with Crippen molar-refractivity contribution in [2.75, 3.05) is 18.6 Å². The standard InChI is InChI=1S/C19H19Cl2N3O4/c1-11-5-7-14(20)15(9-11)22-23-18(12(2)25)19(26)24(21)13-6-8-16(27-3)17(10-13)28-4/h5-10,18H,1-4H3. The third kappa shape index (κ3) is 4.99. The number of amides is 1. The fourth-order valence-corrected chi connectivity index (χ4v) is 2.66. The van der Waals surface area contributed by atoms with Gasteiger partial charge in [-0.1, -0.05) is 17.7 Å². The highest BCUT2D eigenvalue weighted by molar-refractivity contribution is 6.39. The van der Waals surface area contributed by atoms with Crippen molar-refractivity contribution in [3.8, 4) is 11.5 Å². The van der Waals surface area contributed by atoms with E-state index in [9.17, 15) is 9.59 Å². The predicted molar refractivity (Wildman–Crippen MR) is 108 cm³/mol. The molecule has 1 unspecified atom stereocenters. The van der Waals surface area contributed by atoms with Crippen LogP contribution in [0.5, 0.6) is 11.5 Å². The molecule has 0 aromatic heterocycles.